The molecule has 50 valence electrons. The predicted octanol–water partition coefficient (Wildman–Crippen LogP) is 0.800. The summed E-state index contributed by atoms with van der Waals surface area (Å²) in [6.07, 6.45) is 1.67. The summed E-state index contributed by atoms with van der Waals surface area (Å²) in [6, 6.07) is 0. The van der Waals surface area contributed by atoms with Crippen molar-refractivity contribution in [1.82, 2.24) is 0 Å². The lowest BCUT2D eigenvalue weighted by atomic mass is 10.5. The van der Waals surface area contributed by atoms with Crippen molar-refractivity contribution >= 4 is 13.6 Å². The van der Waals surface area contributed by atoms with Gasteiger partial charge in [0.15, 0.2) is 0 Å². The molecule has 0 heterocycles. The van der Waals surface area contributed by atoms with E-state index in [-0.39, 0.29) is 6.16 Å². The maximum absolute atomic E-state index is 9.77. The fourth-order valence-corrected chi connectivity index (χ4v) is 0.517. The summed E-state index contributed by atoms with van der Waals surface area (Å²) in [4.78, 5) is 9.70. The van der Waals surface area contributed by atoms with Crippen LogP contribution in [0.1, 0.15) is 0 Å². The van der Waals surface area contributed by atoms with Gasteiger partial charge in [-0.3, -0.25) is 0 Å². The van der Waals surface area contributed by atoms with Gasteiger partial charge in [-0.1, -0.05) is 6.08 Å². The predicted molar refractivity (Wildman–Crippen MR) is 29.9 cm³/mol. The van der Waals surface area contributed by atoms with Gasteiger partial charge in [-0.15, -0.1) is 0 Å². The molecule has 0 aliphatic carbocycles. The minimum absolute atomic E-state index is 0.207. The van der Waals surface area contributed by atoms with Crippen molar-refractivity contribution in [2.24, 2.45) is 0 Å². The van der Waals surface area contributed by atoms with Crippen molar-refractivity contribution < 1.29 is 19.0 Å². The maximum atomic E-state index is 9.77. The first kappa shape index (κ1) is 8.11. The average molecular weight is 148 g/mol. The van der Waals surface area contributed by atoms with E-state index in [2.05, 4.69) is 0 Å². The minimum Gasteiger partial charge on any atom is -0.478 e. The highest BCUT2D eigenvalue weighted by Gasteiger charge is 1.86. The Morgan fingerprint density at radius 2 is 2.11 bits per heavy atom. The Hall–Kier alpha value is -0.890. The van der Waals surface area contributed by atoms with Gasteiger partial charge in [-0.2, -0.15) is 0 Å². The number of aliphatic carboxylic acids is 1. The van der Waals surface area contributed by atoms with Gasteiger partial charge in [0.2, 0.25) is 0 Å². The number of carbonyl (C=O) groups is 1. The fraction of sp³-hybridized carbons (Fsp3) is 0.250. The smallest absolute Gasteiger partial charge is 0.328 e. The highest BCUT2D eigenvalue weighted by Crippen LogP contribution is 2.00. The number of hydrogen-bond donors (Lipinski definition) is 1. The Kier molecular flexibility index (Phi) is 3.64. The summed E-state index contributed by atoms with van der Waals surface area (Å²) in [7, 11) is -2.48. The van der Waals surface area contributed by atoms with Crippen LogP contribution in [-0.2, 0) is 13.9 Å². The van der Waals surface area contributed by atoms with Crippen LogP contribution in [0.4, 0.5) is 0 Å². The van der Waals surface area contributed by atoms with Crippen molar-refractivity contribution in [3.8, 4) is 0 Å². The van der Waals surface area contributed by atoms with Crippen LogP contribution in [0.5, 0.6) is 0 Å². The van der Waals surface area contributed by atoms with E-state index in [1.807, 2.05) is 0 Å². The minimum atomic E-state index is -2.48. The molecule has 0 aromatic heterocycles. The van der Waals surface area contributed by atoms with Crippen LogP contribution in [0.2, 0.25) is 0 Å². The first-order chi connectivity index (χ1) is 4.13. The molecule has 1 N–H and O–H groups in total. The van der Waals surface area contributed by atoms with Crippen molar-refractivity contribution in [3.05, 3.63) is 12.2 Å². The molecule has 0 unspecified atom stereocenters. The summed E-state index contributed by atoms with van der Waals surface area (Å²) in [5.74, 6) is -1.13. The Morgan fingerprint density at radius 3 is 2.44 bits per heavy atom. The van der Waals surface area contributed by atoms with E-state index < -0.39 is 13.6 Å². The Labute approximate surface area is 52.0 Å². The Morgan fingerprint density at radius 1 is 1.56 bits per heavy atom. The van der Waals surface area contributed by atoms with Gasteiger partial charge < -0.3 is 5.11 Å². The zero-order valence-electron chi connectivity index (χ0n) is 4.48. The van der Waals surface area contributed by atoms with Crippen LogP contribution in [0.25, 0.3) is 0 Å². The zero-order valence-corrected chi connectivity index (χ0v) is 5.38. The van der Waals surface area contributed by atoms with E-state index in [0.29, 0.717) is 0 Å². The van der Waals surface area contributed by atoms with Gasteiger partial charge in [0.25, 0.3) is 0 Å². The van der Waals surface area contributed by atoms with Crippen molar-refractivity contribution in [1.29, 1.82) is 0 Å². The summed E-state index contributed by atoms with van der Waals surface area (Å²) in [5.41, 5.74) is 0. The van der Waals surface area contributed by atoms with E-state index >= 15 is 0 Å². The lowest BCUT2D eigenvalue weighted by molar-refractivity contribution is -0.131. The van der Waals surface area contributed by atoms with Crippen molar-refractivity contribution in [2.45, 2.75) is 0 Å². The van der Waals surface area contributed by atoms with Crippen LogP contribution < -0.4 is 0 Å². The first-order valence-corrected chi connectivity index (χ1v) is 3.50. The summed E-state index contributed by atoms with van der Waals surface area (Å²) in [5, 5.41) is 7.94. The quantitative estimate of drug-likeness (QED) is 0.474. The van der Waals surface area contributed by atoms with Crippen molar-refractivity contribution in [2.75, 3.05) is 6.16 Å². The third-order valence-electron chi connectivity index (χ3n) is 0.515. The van der Waals surface area contributed by atoms with E-state index in [1.165, 1.54) is 0 Å². The molecule has 0 aliphatic heterocycles. The van der Waals surface area contributed by atoms with E-state index in [9.17, 15) is 13.9 Å². The number of carboxylic acid groups (broad SMARTS) is 1. The maximum Gasteiger partial charge on any atom is 0.328 e. The van der Waals surface area contributed by atoms with Crippen LogP contribution in [0.3, 0.4) is 0 Å². The lowest BCUT2D eigenvalue weighted by Gasteiger charge is -1.73. The van der Waals surface area contributed by atoms with Crippen LogP contribution >= 0.6 is 7.68 Å². The number of hydrogen-bond acceptors (Lipinski definition) is 3. The van der Waals surface area contributed by atoms with E-state index in [0.717, 1.165) is 12.2 Å². The third kappa shape index (κ3) is 7.11. The highest BCUT2D eigenvalue weighted by molar-refractivity contribution is 7.31. The molecular formula is C4H5O4P. The second-order valence-electron chi connectivity index (χ2n) is 1.26. The molecule has 0 rings (SSSR count). The van der Waals surface area contributed by atoms with Gasteiger partial charge in [0, 0.05) is 6.08 Å². The second kappa shape index (κ2) is 4.04. The van der Waals surface area contributed by atoms with E-state index in [1.54, 1.807) is 0 Å². The molecule has 9 heavy (non-hydrogen) atoms. The van der Waals surface area contributed by atoms with Gasteiger partial charge in [-0.05, 0) is 0 Å². The van der Waals surface area contributed by atoms with Gasteiger partial charge in [0.05, 0.1) is 6.16 Å². The average Bonchev–Trinajstić information content (AvgIpc) is 1.63. The summed E-state index contributed by atoms with van der Waals surface area (Å²) >= 11 is 0. The molecule has 0 aromatic carbocycles. The molecule has 0 saturated heterocycles. The largest absolute Gasteiger partial charge is 0.478 e. The summed E-state index contributed by atoms with van der Waals surface area (Å²) < 4.78 is 19.5. The first-order valence-electron chi connectivity index (χ1n) is 2.14. The molecule has 5 heteroatoms. The van der Waals surface area contributed by atoms with Crippen molar-refractivity contribution in [3.63, 3.8) is 0 Å². The molecule has 0 radical (unpaired) electrons. The molecule has 0 fully saturated rings. The highest BCUT2D eigenvalue weighted by atomic mass is 31.1. The third-order valence-corrected chi connectivity index (χ3v) is 1.02. The number of rotatable bonds is 3. The Bertz CT molecular complexity index is 183. The molecule has 0 spiro atoms. The Balaban J connectivity index is 3.61. The number of carboxylic acids is 1. The van der Waals surface area contributed by atoms with Gasteiger partial charge >= 0.3 is 13.6 Å². The van der Waals surface area contributed by atoms with Crippen LogP contribution in [0.15, 0.2) is 12.2 Å². The molecule has 0 amide bonds. The molecule has 0 bridgehead atoms. The topological polar surface area (TPSA) is 71.4 Å². The molecule has 4 nitrogen and oxygen atoms in total. The molecular weight excluding hydrogens is 143 g/mol. The molecule has 0 aromatic rings. The van der Waals surface area contributed by atoms with Gasteiger partial charge in [0.1, 0.15) is 0 Å². The number of allylic oxidation sites excluding steroid dienone is 1. The second-order valence-corrected chi connectivity index (χ2v) is 2.29. The van der Waals surface area contributed by atoms with Crippen LogP contribution in [0, 0.1) is 0 Å². The molecule has 0 atom stereocenters. The van der Waals surface area contributed by atoms with E-state index in [4.69, 9.17) is 5.11 Å². The summed E-state index contributed by atoms with van der Waals surface area (Å²) in [6.45, 7) is 0. The molecule has 0 aliphatic rings. The fourth-order valence-electron chi connectivity index (χ4n) is 0.240. The molecule has 0 saturated carbocycles. The zero-order chi connectivity index (χ0) is 7.28. The van der Waals surface area contributed by atoms with Crippen LogP contribution in [-0.4, -0.2) is 17.2 Å². The van der Waals surface area contributed by atoms with Gasteiger partial charge in [-0.25, -0.2) is 13.9 Å². The standard InChI is InChI=1S/C4H5O4P/c5-4(6)2-1-3-9(7)8/h1-2H,3H2,(H,5,6). The SMILES string of the molecule is O=C(O)C=CCP(=O)=O. The normalized spacial score (nSPS) is 9.78. The monoisotopic (exact) mass is 148 g/mol. The lowest BCUT2D eigenvalue weighted by Crippen LogP contribution is -1.85.